The maximum absolute atomic E-state index is 13.5. The van der Waals surface area contributed by atoms with E-state index in [2.05, 4.69) is 22.5 Å². The summed E-state index contributed by atoms with van der Waals surface area (Å²) in [6.07, 6.45) is 18.1. The largest absolute Gasteiger partial charge is 0.458 e. The molecule has 3 N–H and O–H groups in total. The maximum Gasteiger partial charge on any atom is 0.330 e. The van der Waals surface area contributed by atoms with Crippen LogP contribution < -0.4 is 0 Å². The van der Waals surface area contributed by atoms with Gasteiger partial charge < -0.3 is 57.3 Å². The number of aliphatic hydroxyl groups is 3. The van der Waals surface area contributed by atoms with Crippen molar-refractivity contribution in [2.45, 2.75) is 171 Å². The van der Waals surface area contributed by atoms with Crippen molar-refractivity contribution in [1.82, 2.24) is 9.97 Å². The summed E-state index contributed by atoms with van der Waals surface area (Å²) in [5, 5.41) is 33.9. The molecular weight excluding hydrogens is 940 g/mol. The van der Waals surface area contributed by atoms with Crippen molar-refractivity contribution in [1.29, 1.82) is 0 Å². The molecule has 4 fully saturated rings. The number of aromatic nitrogens is 2. The minimum Gasteiger partial charge on any atom is -0.458 e. The number of allylic oxidation sites excluding steroid dienone is 2. The van der Waals surface area contributed by atoms with E-state index >= 15 is 0 Å². The molecule has 0 saturated carbocycles. The van der Waals surface area contributed by atoms with Crippen LogP contribution in [0.2, 0.25) is 0 Å². The van der Waals surface area contributed by atoms with Crippen LogP contribution in [0.3, 0.4) is 0 Å². The Morgan fingerprint density at radius 1 is 1.00 bits per heavy atom. The summed E-state index contributed by atoms with van der Waals surface area (Å²) in [6, 6.07) is 0. The molecule has 68 heavy (non-hydrogen) atoms. The molecule has 4 saturated heterocycles. The second-order valence-corrected chi connectivity index (χ2v) is 19.6. The van der Waals surface area contributed by atoms with Crippen LogP contribution in [0.25, 0.3) is 12.2 Å². The summed E-state index contributed by atoms with van der Waals surface area (Å²) in [5.41, 5.74) is 3.80. The minimum absolute atomic E-state index is 0.0830. The van der Waals surface area contributed by atoms with Crippen LogP contribution in [-0.4, -0.2) is 118 Å². The highest BCUT2D eigenvalue weighted by molar-refractivity contribution is 9.11. The zero-order valence-corrected chi connectivity index (χ0v) is 41.6. The van der Waals surface area contributed by atoms with Gasteiger partial charge in [0.05, 0.1) is 67.5 Å². The lowest BCUT2D eigenvalue weighted by atomic mass is 9.79. The van der Waals surface area contributed by atoms with Crippen molar-refractivity contribution in [3.63, 3.8) is 0 Å². The fourth-order valence-electron chi connectivity index (χ4n) is 10.1. The van der Waals surface area contributed by atoms with Crippen molar-refractivity contribution in [3.05, 3.63) is 107 Å². The monoisotopic (exact) mass is 1010 g/mol. The summed E-state index contributed by atoms with van der Waals surface area (Å²) in [7, 11) is 3.22. The van der Waals surface area contributed by atoms with Gasteiger partial charge in [0.25, 0.3) is 0 Å². The Morgan fingerprint density at radius 2 is 1.81 bits per heavy atom. The Labute approximate surface area is 408 Å². The van der Waals surface area contributed by atoms with Gasteiger partial charge in [-0.3, -0.25) is 0 Å². The number of aliphatic hydroxyl groups excluding tert-OH is 2. The maximum atomic E-state index is 13.5. The van der Waals surface area contributed by atoms with Crippen molar-refractivity contribution < 1.29 is 62.1 Å². The first-order valence-electron chi connectivity index (χ1n) is 23.8. The van der Waals surface area contributed by atoms with Crippen molar-refractivity contribution >= 4 is 34.1 Å². The van der Waals surface area contributed by atoms with E-state index in [9.17, 15) is 20.1 Å². The number of fused-ring (bicyclic) bond motifs is 10. The second-order valence-electron chi connectivity index (χ2n) is 19.1. The average molecular weight is 1010 g/mol. The van der Waals surface area contributed by atoms with Gasteiger partial charge in [-0.15, -0.1) is 0 Å². The van der Waals surface area contributed by atoms with Crippen LogP contribution in [0, 0.1) is 11.8 Å². The van der Waals surface area contributed by atoms with Crippen molar-refractivity contribution in [2.24, 2.45) is 11.8 Å². The van der Waals surface area contributed by atoms with E-state index in [1.807, 2.05) is 58.1 Å². The van der Waals surface area contributed by atoms with Crippen LogP contribution in [-0.2, 0) is 44.4 Å². The Kier molecular flexibility index (Phi) is 18.3. The predicted molar refractivity (Wildman–Crippen MR) is 257 cm³/mol. The van der Waals surface area contributed by atoms with Crippen LogP contribution in [0.1, 0.15) is 115 Å². The Balaban J connectivity index is 1.06. The Morgan fingerprint density at radius 3 is 2.59 bits per heavy atom. The van der Waals surface area contributed by atoms with Gasteiger partial charge in [-0.25, -0.2) is 14.8 Å². The number of rotatable bonds is 12. The van der Waals surface area contributed by atoms with E-state index in [-0.39, 0.29) is 67.2 Å². The number of carbonyl (C=O) groups excluding carboxylic acids is 1. The smallest absolute Gasteiger partial charge is 0.330 e. The first kappa shape index (κ1) is 52.0. The number of nitrogens with zero attached hydrogens (tertiary/aromatic N) is 2. The SMILES string of the molecule is C=C1C[C@@H]2C/C=C\C(=O)O[C@H]3[C@@H](C)[C@@H](C/C=C/c4nc(co4)[C@H]4C[C@H](O)C[C@H](O4)[C@@H](C1)O2)O[C@@H](/C(C)=C/c1coc(C[C@]2(O)CC(OC)C[C@H]([C@H](O)/C=C(C)/C=C/C(C/C=C/Br)OC)O2)n1)[C@@H]3C. The number of hydrogen-bond acceptors (Lipinski definition) is 15. The highest BCUT2D eigenvalue weighted by Crippen LogP contribution is 2.40. The highest BCUT2D eigenvalue weighted by Gasteiger charge is 2.46. The lowest BCUT2D eigenvalue weighted by Crippen LogP contribution is -2.51. The summed E-state index contributed by atoms with van der Waals surface area (Å²) in [6.45, 7) is 12.1. The summed E-state index contributed by atoms with van der Waals surface area (Å²) < 4.78 is 55.2. The first-order valence-corrected chi connectivity index (χ1v) is 24.7. The molecule has 2 aromatic heterocycles. The summed E-state index contributed by atoms with van der Waals surface area (Å²) in [4.78, 5) is 24.7. The number of carbonyl (C=O) groups is 1. The number of oxazole rings is 2. The molecule has 2 aromatic rings. The number of esters is 1. The molecule has 15 atom stereocenters. The zero-order chi connectivity index (χ0) is 48.5. The third kappa shape index (κ3) is 13.7. The topological polar surface area (TPSA) is 194 Å². The van der Waals surface area contributed by atoms with Crippen molar-refractivity contribution in [2.75, 3.05) is 14.2 Å². The molecule has 0 spiro atoms. The molecule has 0 aromatic carbocycles. The molecule has 15 nitrogen and oxygen atoms in total. The Hall–Kier alpha value is -3.81. The van der Waals surface area contributed by atoms with Crippen LogP contribution in [0.4, 0.5) is 0 Å². The fourth-order valence-corrected chi connectivity index (χ4v) is 10.3. The molecule has 5 aliphatic heterocycles. The summed E-state index contributed by atoms with van der Waals surface area (Å²) in [5.74, 6) is -1.96. The second kappa shape index (κ2) is 23.9. The average Bonchev–Trinajstić information content (AvgIpc) is 3.96. The molecule has 0 amide bonds. The fraction of sp³-hybridized carbons (Fsp3) is 0.596. The molecular formula is C52H69BrN2O13. The normalized spacial score (nSPS) is 36.3. The van der Waals surface area contributed by atoms with Gasteiger partial charge >= 0.3 is 5.97 Å². The van der Waals surface area contributed by atoms with Gasteiger partial charge in [0.1, 0.15) is 36.1 Å². The van der Waals surface area contributed by atoms with E-state index in [1.54, 1.807) is 43.7 Å². The van der Waals surface area contributed by atoms with Gasteiger partial charge in [-0.05, 0) is 68.7 Å². The number of hydrogen-bond donors (Lipinski definition) is 3. The standard InChI is InChI=1S/C52H69BrN2O13/c1-30(16-17-37(60-6)12-10-18-53)20-41(57)44-25-39(61-7)26-52(59,68-44)27-48-54-35(28-62-48)22-32(3)50-34(5)51-33(4)42(66-50)13-9-14-47-55-40(29-63-47)43-23-36(56)24-46(65-43)45-21-31(2)19-38(64-45)11-8-15-49(58)67-51/h8-10,14-18,20,22,28-29,33-34,36-39,41-46,50-51,56-57,59H,2,11-13,19,21,23-27H2,1,3-7H3/b14-9+,15-8-,17-16+,18-10+,30-20+,32-22+/t33-,34-,36-,37?,38-,39?,41+,42+,43+,44+,45+,46-,50-,51-,52-/m0/s1. The molecule has 16 heteroatoms. The minimum atomic E-state index is -1.73. The zero-order valence-electron chi connectivity index (χ0n) is 40.0. The van der Waals surface area contributed by atoms with E-state index in [4.69, 9.17) is 52.0 Å². The van der Waals surface area contributed by atoms with Crippen LogP contribution in [0.5, 0.6) is 0 Å². The van der Waals surface area contributed by atoms with Gasteiger partial charge in [-0.1, -0.05) is 84.0 Å². The molecule has 7 rings (SSSR count). The van der Waals surface area contributed by atoms with E-state index in [0.29, 0.717) is 68.6 Å². The Bertz CT molecular complexity index is 2190. The van der Waals surface area contributed by atoms with Crippen molar-refractivity contribution in [3.8, 4) is 0 Å². The highest BCUT2D eigenvalue weighted by atomic mass is 79.9. The molecule has 0 aliphatic carbocycles. The molecule has 2 unspecified atom stereocenters. The van der Waals surface area contributed by atoms with Gasteiger partial charge in [0, 0.05) is 57.8 Å². The predicted octanol–water partition coefficient (Wildman–Crippen LogP) is 8.37. The molecule has 8 bridgehead atoms. The molecule has 0 radical (unpaired) electrons. The number of halogens is 1. The van der Waals surface area contributed by atoms with E-state index in [0.717, 1.165) is 16.7 Å². The third-order valence-corrected chi connectivity index (χ3v) is 14.0. The first-order chi connectivity index (χ1) is 32.6. The lowest BCUT2D eigenvalue weighted by molar-refractivity contribution is -0.286. The molecule has 5 aliphatic rings. The molecule has 7 heterocycles. The van der Waals surface area contributed by atoms with Gasteiger partial charge in [-0.2, -0.15) is 0 Å². The van der Waals surface area contributed by atoms with E-state index in [1.165, 1.54) is 12.3 Å². The van der Waals surface area contributed by atoms with E-state index < -0.39 is 48.4 Å². The quantitative estimate of drug-likeness (QED) is 0.104. The number of ether oxygens (including phenoxy) is 7. The van der Waals surface area contributed by atoms with Gasteiger partial charge in [0.2, 0.25) is 5.89 Å². The lowest BCUT2D eigenvalue weighted by Gasteiger charge is -2.44. The molecule has 372 valence electrons. The van der Waals surface area contributed by atoms with Crippen LogP contribution in [0.15, 0.2) is 92.2 Å². The van der Waals surface area contributed by atoms with Crippen LogP contribution >= 0.6 is 15.9 Å². The number of methoxy groups -OCH3 is 2. The third-order valence-electron chi connectivity index (χ3n) is 13.7. The summed E-state index contributed by atoms with van der Waals surface area (Å²) >= 11 is 3.28. The van der Waals surface area contributed by atoms with Gasteiger partial charge in [0.15, 0.2) is 11.7 Å².